The summed E-state index contributed by atoms with van der Waals surface area (Å²) in [7, 11) is 0. The molecular formula is C22H28FN3O2. The molecule has 3 rings (SSSR count). The second-order valence-electron chi connectivity index (χ2n) is 6.94. The van der Waals surface area contributed by atoms with Crippen molar-refractivity contribution >= 4 is 11.6 Å². The molecule has 1 N–H and O–H groups in total. The molecule has 1 saturated heterocycles. The fraction of sp³-hybridized carbons (Fsp3) is 0.409. The van der Waals surface area contributed by atoms with Gasteiger partial charge in [0.1, 0.15) is 11.6 Å². The molecule has 1 aliphatic rings. The maximum atomic E-state index is 13.0. The number of amides is 1. The number of nitrogens with zero attached hydrogens (tertiary/aromatic N) is 2. The molecule has 1 aliphatic heterocycles. The maximum Gasteiger partial charge on any atom is 0.257 e. The van der Waals surface area contributed by atoms with E-state index >= 15 is 0 Å². The van der Waals surface area contributed by atoms with Gasteiger partial charge in [-0.2, -0.15) is 0 Å². The summed E-state index contributed by atoms with van der Waals surface area (Å²) in [6, 6.07) is 14.5. The Labute approximate surface area is 166 Å². The minimum Gasteiger partial charge on any atom is -0.484 e. The van der Waals surface area contributed by atoms with Crippen molar-refractivity contribution in [2.75, 3.05) is 50.8 Å². The van der Waals surface area contributed by atoms with Gasteiger partial charge in [0.25, 0.3) is 5.91 Å². The molecule has 0 radical (unpaired) electrons. The number of hydrogen-bond acceptors (Lipinski definition) is 4. The summed E-state index contributed by atoms with van der Waals surface area (Å²) in [5.74, 6) is 0.397. The lowest BCUT2D eigenvalue weighted by atomic mass is 10.2. The van der Waals surface area contributed by atoms with Gasteiger partial charge in [0.2, 0.25) is 0 Å². The molecule has 0 bridgehead atoms. The van der Waals surface area contributed by atoms with Crippen molar-refractivity contribution in [2.45, 2.75) is 13.3 Å². The van der Waals surface area contributed by atoms with Crippen LogP contribution in [0.1, 0.15) is 12.5 Å². The third-order valence-corrected chi connectivity index (χ3v) is 5.02. The second kappa shape index (κ2) is 10.1. The molecule has 1 amide bonds. The van der Waals surface area contributed by atoms with Crippen LogP contribution < -0.4 is 15.0 Å². The Hall–Kier alpha value is -2.60. The van der Waals surface area contributed by atoms with E-state index in [9.17, 15) is 9.18 Å². The normalized spacial score (nSPS) is 14.7. The van der Waals surface area contributed by atoms with Crippen molar-refractivity contribution in [3.63, 3.8) is 0 Å². The number of piperazine rings is 1. The Bertz CT molecular complexity index is 741. The van der Waals surface area contributed by atoms with Gasteiger partial charge in [0.05, 0.1) is 0 Å². The average Bonchev–Trinajstić information content (AvgIpc) is 2.74. The van der Waals surface area contributed by atoms with E-state index in [1.807, 2.05) is 36.4 Å². The molecule has 6 heteroatoms. The highest BCUT2D eigenvalue weighted by molar-refractivity contribution is 5.77. The summed E-state index contributed by atoms with van der Waals surface area (Å²) < 4.78 is 18.6. The summed E-state index contributed by atoms with van der Waals surface area (Å²) in [4.78, 5) is 16.5. The number of benzene rings is 2. The molecule has 0 aromatic heterocycles. The number of aryl methyl sites for hydroxylation is 1. The largest absolute Gasteiger partial charge is 0.484 e. The van der Waals surface area contributed by atoms with Gasteiger partial charge in [0.15, 0.2) is 6.61 Å². The van der Waals surface area contributed by atoms with Crippen LogP contribution in [-0.2, 0) is 11.2 Å². The van der Waals surface area contributed by atoms with Gasteiger partial charge in [-0.15, -0.1) is 0 Å². The Balaban J connectivity index is 1.30. The Morgan fingerprint density at radius 3 is 2.36 bits per heavy atom. The van der Waals surface area contributed by atoms with E-state index in [0.29, 0.717) is 12.3 Å². The first-order valence-corrected chi connectivity index (χ1v) is 9.85. The van der Waals surface area contributed by atoms with Crippen LogP contribution in [0, 0.1) is 5.82 Å². The van der Waals surface area contributed by atoms with Crippen molar-refractivity contribution in [3.05, 3.63) is 59.9 Å². The Kier molecular flexibility index (Phi) is 7.25. The van der Waals surface area contributed by atoms with Crippen LogP contribution in [0.15, 0.2) is 48.5 Å². The molecule has 0 unspecified atom stereocenters. The predicted octanol–water partition coefficient (Wildman–Crippen LogP) is 2.71. The monoisotopic (exact) mass is 385 g/mol. The van der Waals surface area contributed by atoms with E-state index < -0.39 is 0 Å². The molecule has 0 saturated carbocycles. The molecule has 150 valence electrons. The molecule has 1 heterocycles. The molecule has 5 nitrogen and oxygen atoms in total. The number of carbonyl (C=O) groups excluding carboxylic acids is 1. The van der Waals surface area contributed by atoms with Crippen molar-refractivity contribution in [2.24, 2.45) is 0 Å². The summed E-state index contributed by atoms with van der Waals surface area (Å²) in [5, 5.41) is 2.91. The SMILES string of the molecule is CCc1ccc(OCC(=O)NCCN2CCN(c3ccc(F)cc3)CC2)cc1. The first-order valence-electron chi connectivity index (χ1n) is 9.85. The third-order valence-electron chi connectivity index (χ3n) is 5.02. The lowest BCUT2D eigenvalue weighted by Gasteiger charge is -2.36. The average molecular weight is 385 g/mol. The third kappa shape index (κ3) is 5.96. The number of nitrogens with one attached hydrogen (secondary N) is 1. The first-order chi connectivity index (χ1) is 13.6. The van der Waals surface area contributed by atoms with Crippen LogP contribution in [0.5, 0.6) is 5.75 Å². The lowest BCUT2D eigenvalue weighted by molar-refractivity contribution is -0.123. The standard InChI is InChI=1S/C22H28FN3O2/c1-2-18-3-9-21(10-4-18)28-17-22(27)24-11-12-25-13-15-26(16-14-25)20-7-5-19(23)6-8-20/h3-10H,2,11-17H2,1H3,(H,24,27). The van der Waals surface area contributed by atoms with Gasteiger partial charge in [-0.3, -0.25) is 9.69 Å². The van der Waals surface area contributed by atoms with Crippen molar-refractivity contribution in [1.82, 2.24) is 10.2 Å². The molecule has 1 fully saturated rings. The van der Waals surface area contributed by atoms with E-state index in [0.717, 1.165) is 44.8 Å². The fourth-order valence-electron chi connectivity index (χ4n) is 3.26. The number of ether oxygens (including phenoxy) is 1. The van der Waals surface area contributed by atoms with Crippen molar-refractivity contribution < 1.29 is 13.9 Å². The zero-order valence-corrected chi connectivity index (χ0v) is 16.4. The van der Waals surface area contributed by atoms with E-state index in [2.05, 4.69) is 22.0 Å². The van der Waals surface area contributed by atoms with Gasteiger partial charge < -0.3 is 15.0 Å². The molecule has 0 atom stereocenters. The van der Waals surface area contributed by atoms with Crippen LogP contribution in [0.3, 0.4) is 0 Å². The highest BCUT2D eigenvalue weighted by Crippen LogP contribution is 2.16. The molecule has 2 aromatic rings. The number of carbonyl (C=O) groups is 1. The summed E-state index contributed by atoms with van der Waals surface area (Å²) in [5.41, 5.74) is 2.30. The number of rotatable bonds is 8. The smallest absolute Gasteiger partial charge is 0.257 e. The summed E-state index contributed by atoms with van der Waals surface area (Å²) >= 11 is 0. The highest BCUT2D eigenvalue weighted by Gasteiger charge is 2.17. The second-order valence-corrected chi connectivity index (χ2v) is 6.94. The minimum atomic E-state index is -0.208. The minimum absolute atomic E-state index is 0.0316. The van der Waals surface area contributed by atoms with E-state index in [-0.39, 0.29) is 18.3 Å². The first kappa shape index (κ1) is 20.1. The summed E-state index contributed by atoms with van der Waals surface area (Å²) in [6.45, 7) is 7.20. The van der Waals surface area contributed by atoms with E-state index in [1.165, 1.54) is 17.7 Å². The number of halogens is 1. The Morgan fingerprint density at radius 1 is 1.04 bits per heavy atom. The van der Waals surface area contributed by atoms with Crippen molar-refractivity contribution in [3.8, 4) is 5.75 Å². The predicted molar refractivity (Wildman–Crippen MR) is 109 cm³/mol. The van der Waals surface area contributed by atoms with Crippen molar-refractivity contribution in [1.29, 1.82) is 0 Å². The molecule has 2 aromatic carbocycles. The van der Waals surface area contributed by atoms with Gasteiger partial charge in [-0.05, 0) is 48.4 Å². The van der Waals surface area contributed by atoms with Crippen LogP contribution in [0.25, 0.3) is 0 Å². The fourth-order valence-corrected chi connectivity index (χ4v) is 3.26. The topological polar surface area (TPSA) is 44.8 Å². The molecule has 0 spiro atoms. The van der Waals surface area contributed by atoms with Crippen LogP contribution in [-0.4, -0.2) is 56.7 Å². The Morgan fingerprint density at radius 2 is 1.71 bits per heavy atom. The highest BCUT2D eigenvalue weighted by atomic mass is 19.1. The van der Waals surface area contributed by atoms with Crippen LogP contribution in [0.2, 0.25) is 0 Å². The number of anilines is 1. The molecule has 0 aliphatic carbocycles. The zero-order chi connectivity index (χ0) is 19.8. The van der Waals surface area contributed by atoms with Gasteiger partial charge in [-0.1, -0.05) is 19.1 Å². The van der Waals surface area contributed by atoms with Crippen LogP contribution in [0.4, 0.5) is 10.1 Å². The van der Waals surface area contributed by atoms with Gasteiger partial charge >= 0.3 is 0 Å². The van der Waals surface area contributed by atoms with E-state index in [1.54, 1.807) is 0 Å². The van der Waals surface area contributed by atoms with Gasteiger partial charge in [0, 0.05) is 45.0 Å². The van der Waals surface area contributed by atoms with E-state index in [4.69, 9.17) is 4.74 Å². The quantitative estimate of drug-likeness (QED) is 0.759. The van der Waals surface area contributed by atoms with Crippen LogP contribution >= 0.6 is 0 Å². The number of hydrogen-bond donors (Lipinski definition) is 1. The molecular weight excluding hydrogens is 357 g/mol. The van der Waals surface area contributed by atoms with Gasteiger partial charge in [-0.25, -0.2) is 4.39 Å². The summed E-state index contributed by atoms with van der Waals surface area (Å²) in [6.07, 6.45) is 0.985. The lowest BCUT2D eigenvalue weighted by Crippen LogP contribution is -2.48. The maximum absolute atomic E-state index is 13.0. The zero-order valence-electron chi connectivity index (χ0n) is 16.4. The molecule has 28 heavy (non-hydrogen) atoms.